The fourth-order valence-electron chi connectivity index (χ4n) is 2.51. The molecule has 1 heterocycles. The van der Waals surface area contributed by atoms with Gasteiger partial charge >= 0.3 is 11.7 Å². The minimum absolute atomic E-state index is 0.0921. The number of hydrogen-bond acceptors (Lipinski definition) is 4. The number of ketones is 1. The molecule has 1 aliphatic rings. The summed E-state index contributed by atoms with van der Waals surface area (Å²) in [7, 11) is 0. The predicted molar refractivity (Wildman–Crippen MR) is 87.0 cm³/mol. The smallest absolute Gasteiger partial charge is 0.416 e. The number of Topliss-reactive ketones (excluding diaryl/α,β-unsaturated/α-hetero) is 1. The van der Waals surface area contributed by atoms with E-state index in [4.69, 9.17) is 10.3 Å². The first-order valence-corrected chi connectivity index (χ1v) is 7.84. The zero-order valence-corrected chi connectivity index (χ0v) is 13.7. The van der Waals surface area contributed by atoms with Gasteiger partial charge in [0.25, 0.3) is 11.7 Å². The van der Waals surface area contributed by atoms with Gasteiger partial charge in [0, 0.05) is 6.54 Å². The SMILES string of the molecule is CCCOC(=O)C(CCCN1C(=O)C(=O)c2cc(C)ccc21)=[N+]=[N-]. The van der Waals surface area contributed by atoms with E-state index in [1.807, 2.05) is 19.9 Å². The summed E-state index contributed by atoms with van der Waals surface area (Å²) >= 11 is 0. The van der Waals surface area contributed by atoms with E-state index in [-0.39, 0.29) is 25.3 Å². The summed E-state index contributed by atoms with van der Waals surface area (Å²) in [5.41, 5.74) is 10.7. The zero-order valence-electron chi connectivity index (χ0n) is 13.7. The maximum Gasteiger partial charge on any atom is 0.416 e. The van der Waals surface area contributed by atoms with Crippen LogP contribution in [0.5, 0.6) is 0 Å². The van der Waals surface area contributed by atoms with Gasteiger partial charge in [0.2, 0.25) is 0 Å². The van der Waals surface area contributed by atoms with Crippen LogP contribution in [0.1, 0.15) is 42.1 Å². The molecule has 7 heteroatoms. The lowest BCUT2D eigenvalue weighted by molar-refractivity contribution is -0.140. The maximum absolute atomic E-state index is 12.1. The predicted octanol–water partition coefficient (Wildman–Crippen LogP) is 1.93. The summed E-state index contributed by atoms with van der Waals surface area (Å²) in [5.74, 6) is -1.77. The van der Waals surface area contributed by atoms with Gasteiger partial charge in [-0.1, -0.05) is 18.6 Å². The van der Waals surface area contributed by atoms with Crippen LogP contribution >= 0.6 is 0 Å². The quantitative estimate of drug-likeness (QED) is 0.251. The topological polar surface area (TPSA) is 100 Å². The van der Waals surface area contributed by atoms with Crippen molar-refractivity contribution in [2.24, 2.45) is 0 Å². The number of hydrogen-bond donors (Lipinski definition) is 0. The van der Waals surface area contributed by atoms with Gasteiger partial charge in [-0.05, 0) is 31.9 Å². The van der Waals surface area contributed by atoms with Crippen molar-refractivity contribution in [1.29, 1.82) is 0 Å². The van der Waals surface area contributed by atoms with Gasteiger partial charge < -0.3 is 15.2 Å². The van der Waals surface area contributed by atoms with E-state index < -0.39 is 17.7 Å². The Labute approximate surface area is 139 Å². The number of esters is 1. The van der Waals surface area contributed by atoms with Crippen molar-refractivity contribution in [2.45, 2.75) is 33.1 Å². The molecular weight excluding hydrogens is 310 g/mol. The van der Waals surface area contributed by atoms with E-state index in [2.05, 4.69) is 4.79 Å². The third-order valence-corrected chi connectivity index (χ3v) is 3.72. The van der Waals surface area contributed by atoms with Gasteiger partial charge in [0.15, 0.2) is 0 Å². The highest BCUT2D eigenvalue weighted by atomic mass is 16.5. The van der Waals surface area contributed by atoms with Crippen LogP contribution in [-0.2, 0) is 14.3 Å². The standard InChI is InChI=1S/C17H19N3O4/c1-3-9-24-17(23)13(19-18)5-4-8-20-14-7-6-11(2)10-12(14)15(21)16(20)22/h6-7,10H,3-5,8-9H2,1-2H3. The molecule has 7 nitrogen and oxygen atoms in total. The number of aryl methyl sites for hydroxylation is 1. The Morgan fingerprint density at radius 1 is 1.33 bits per heavy atom. The molecular formula is C17H19N3O4. The van der Waals surface area contributed by atoms with Crippen molar-refractivity contribution in [2.75, 3.05) is 18.1 Å². The van der Waals surface area contributed by atoms with E-state index in [0.717, 1.165) is 5.56 Å². The molecule has 1 aromatic carbocycles. The third kappa shape index (κ3) is 3.58. The summed E-state index contributed by atoms with van der Waals surface area (Å²) in [5, 5.41) is 0. The number of carbonyl (C=O) groups excluding carboxylic acids is 3. The Hall–Kier alpha value is -2.79. The average molecular weight is 329 g/mol. The van der Waals surface area contributed by atoms with Crippen LogP contribution in [0.3, 0.4) is 0 Å². The Morgan fingerprint density at radius 2 is 2.08 bits per heavy atom. The lowest BCUT2D eigenvalue weighted by atomic mass is 10.1. The minimum Gasteiger partial charge on any atom is -0.457 e. The first-order valence-electron chi connectivity index (χ1n) is 7.84. The normalized spacial score (nSPS) is 12.8. The molecule has 0 atom stereocenters. The van der Waals surface area contributed by atoms with Crippen LogP contribution < -0.4 is 4.90 Å². The highest BCUT2D eigenvalue weighted by Gasteiger charge is 2.35. The molecule has 0 radical (unpaired) electrons. The molecule has 1 aliphatic heterocycles. The Bertz CT molecular complexity index is 735. The van der Waals surface area contributed by atoms with E-state index in [9.17, 15) is 14.4 Å². The highest BCUT2D eigenvalue weighted by molar-refractivity contribution is 6.52. The molecule has 126 valence electrons. The van der Waals surface area contributed by atoms with E-state index in [1.54, 1.807) is 12.1 Å². The van der Waals surface area contributed by atoms with Gasteiger partial charge in [-0.15, -0.1) is 0 Å². The Morgan fingerprint density at radius 3 is 2.75 bits per heavy atom. The second kappa shape index (κ2) is 7.66. The number of ether oxygens (including phenoxy) is 1. The summed E-state index contributed by atoms with van der Waals surface area (Å²) in [6.07, 6.45) is 1.19. The van der Waals surface area contributed by atoms with E-state index in [1.165, 1.54) is 4.90 Å². The molecule has 24 heavy (non-hydrogen) atoms. The van der Waals surface area contributed by atoms with Gasteiger partial charge in [0.05, 0.1) is 24.3 Å². The van der Waals surface area contributed by atoms with Crippen molar-refractivity contribution in [3.05, 3.63) is 34.9 Å². The van der Waals surface area contributed by atoms with Crippen molar-refractivity contribution in [1.82, 2.24) is 0 Å². The third-order valence-electron chi connectivity index (χ3n) is 3.72. The molecule has 0 spiro atoms. The number of carbonyl (C=O) groups is 3. The number of benzene rings is 1. The van der Waals surface area contributed by atoms with Crippen LogP contribution in [0.2, 0.25) is 0 Å². The van der Waals surface area contributed by atoms with Crippen molar-refractivity contribution in [3.8, 4) is 0 Å². The van der Waals surface area contributed by atoms with Crippen molar-refractivity contribution < 1.29 is 23.9 Å². The summed E-state index contributed by atoms with van der Waals surface area (Å²) in [6.45, 7) is 4.22. The Balaban J connectivity index is 2.00. The van der Waals surface area contributed by atoms with E-state index in [0.29, 0.717) is 24.1 Å². The van der Waals surface area contributed by atoms with Crippen molar-refractivity contribution in [3.63, 3.8) is 0 Å². The maximum atomic E-state index is 12.1. The average Bonchev–Trinajstić information content (AvgIpc) is 2.81. The van der Waals surface area contributed by atoms with Gasteiger partial charge in [-0.2, -0.15) is 4.79 Å². The zero-order chi connectivity index (χ0) is 17.7. The largest absolute Gasteiger partial charge is 0.457 e. The molecule has 0 fully saturated rings. The molecule has 0 N–H and O–H groups in total. The summed E-state index contributed by atoms with van der Waals surface area (Å²) in [4.78, 5) is 40.1. The van der Waals surface area contributed by atoms with Crippen LogP contribution in [0.15, 0.2) is 18.2 Å². The van der Waals surface area contributed by atoms with Crippen molar-refractivity contribution >= 4 is 29.1 Å². The molecule has 0 unspecified atom stereocenters. The molecule has 2 rings (SSSR count). The first-order chi connectivity index (χ1) is 11.5. The highest BCUT2D eigenvalue weighted by Crippen LogP contribution is 2.29. The number of fused-ring (bicyclic) bond motifs is 1. The molecule has 0 aromatic heterocycles. The minimum atomic E-state index is -0.667. The van der Waals surface area contributed by atoms with Crippen LogP contribution in [0, 0.1) is 6.92 Å². The molecule has 1 amide bonds. The first kappa shape index (κ1) is 17.6. The second-order valence-corrected chi connectivity index (χ2v) is 5.59. The lowest BCUT2D eigenvalue weighted by Gasteiger charge is -2.15. The molecule has 0 aliphatic carbocycles. The molecule has 1 aromatic rings. The van der Waals surface area contributed by atoms with E-state index >= 15 is 0 Å². The molecule has 0 saturated heterocycles. The number of anilines is 1. The second-order valence-electron chi connectivity index (χ2n) is 5.59. The van der Waals surface area contributed by atoms with Crippen LogP contribution in [0.4, 0.5) is 5.69 Å². The summed E-state index contributed by atoms with van der Waals surface area (Å²) in [6, 6.07) is 5.27. The van der Waals surface area contributed by atoms with Crippen LogP contribution in [0.25, 0.3) is 5.53 Å². The monoisotopic (exact) mass is 329 g/mol. The fourth-order valence-corrected chi connectivity index (χ4v) is 2.51. The van der Waals surface area contributed by atoms with Gasteiger partial charge in [0.1, 0.15) is 0 Å². The Kier molecular flexibility index (Phi) is 5.60. The van der Waals surface area contributed by atoms with Crippen LogP contribution in [-0.4, -0.2) is 41.3 Å². The number of amides is 1. The number of nitrogens with zero attached hydrogens (tertiary/aromatic N) is 3. The van der Waals surface area contributed by atoms with Gasteiger partial charge in [-0.3, -0.25) is 9.59 Å². The molecule has 0 bridgehead atoms. The number of rotatable bonds is 7. The fraction of sp³-hybridized carbons (Fsp3) is 0.412. The lowest BCUT2D eigenvalue weighted by Crippen LogP contribution is -2.31. The van der Waals surface area contributed by atoms with Gasteiger partial charge in [-0.25, -0.2) is 4.79 Å². The summed E-state index contributed by atoms with van der Waals surface area (Å²) < 4.78 is 4.91. The molecule has 0 saturated carbocycles.